The summed E-state index contributed by atoms with van der Waals surface area (Å²) in [6, 6.07) is 14.0. The Kier molecular flexibility index (Phi) is 4.82. The van der Waals surface area contributed by atoms with E-state index in [-0.39, 0.29) is 0 Å². The number of aromatic nitrogens is 1. The smallest absolute Gasteiger partial charge is 0.0528 e. The van der Waals surface area contributed by atoms with Crippen LogP contribution in [-0.2, 0) is 0 Å². The second-order valence-corrected chi connectivity index (χ2v) is 3.44. The van der Waals surface area contributed by atoms with Crippen LogP contribution in [0.25, 0.3) is 0 Å². The Hall–Kier alpha value is -2.07. The molecular weight excluding hydrogens is 194 g/mol. The Bertz CT molecular complexity index is 466. The van der Waals surface area contributed by atoms with Gasteiger partial charge in [-0.2, -0.15) is 0 Å². The Morgan fingerprint density at radius 3 is 2.06 bits per heavy atom. The van der Waals surface area contributed by atoms with Crippen molar-refractivity contribution in [2.24, 2.45) is 0 Å². The van der Waals surface area contributed by atoms with Crippen molar-refractivity contribution in [3.63, 3.8) is 0 Å². The topological polar surface area (TPSA) is 12.9 Å². The molecule has 2 aromatic rings. The summed E-state index contributed by atoms with van der Waals surface area (Å²) >= 11 is 0. The lowest BCUT2D eigenvalue weighted by molar-refractivity contribution is 1.19. The molecule has 2 rings (SSSR count). The van der Waals surface area contributed by atoms with Gasteiger partial charge in [0.25, 0.3) is 0 Å². The minimum atomic E-state index is 0.873. The zero-order valence-corrected chi connectivity index (χ0v) is 9.64. The van der Waals surface area contributed by atoms with Crippen molar-refractivity contribution < 1.29 is 0 Å². The summed E-state index contributed by atoms with van der Waals surface area (Å²) in [4.78, 5) is 4.01. The number of rotatable bonds is 0. The largest absolute Gasteiger partial charge is 0.260 e. The summed E-state index contributed by atoms with van der Waals surface area (Å²) in [6.07, 6.45) is 6.89. The van der Waals surface area contributed by atoms with Gasteiger partial charge in [0.15, 0.2) is 0 Å². The molecule has 0 atom stereocenters. The van der Waals surface area contributed by atoms with Crippen LogP contribution in [0.1, 0.15) is 16.8 Å². The van der Waals surface area contributed by atoms with E-state index in [0.29, 0.717) is 0 Å². The van der Waals surface area contributed by atoms with Crippen molar-refractivity contribution in [2.75, 3.05) is 0 Å². The van der Waals surface area contributed by atoms with Gasteiger partial charge in [0, 0.05) is 11.8 Å². The number of hydrogen-bond acceptors (Lipinski definition) is 1. The second-order valence-electron chi connectivity index (χ2n) is 3.44. The van der Waals surface area contributed by atoms with Crippen LogP contribution >= 0.6 is 0 Å². The van der Waals surface area contributed by atoms with E-state index in [4.69, 9.17) is 6.42 Å². The molecule has 1 heterocycles. The fraction of sp³-hybridized carbons (Fsp3) is 0.133. The molecule has 0 spiro atoms. The molecule has 0 fully saturated rings. The lowest BCUT2D eigenvalue weighted by Crippen LogP contribution is -1.83. The molecule has 0 aliphatic rings. The predicted octanol–water partition coefficient (Wildman–Crippen LogP) is 3.37. The first kappa shape index (κ1) is 12.0. The van der Waals surface area contributed by atoms with Gasteiger partial charge in [0.05, 0.1) is 5.69 Å². The minimum Gasteiger partial charge on any atom is -0.260 e. The summed E-state index contributed by atoms with van der Waals surface area (Å²) in [5, 5.41) is 0. The number of terminal acetylenes is 1. The van der Waals surface area contributed by atoms with Gasteiger partial charge in [-0.15, -0.1) is 6.42 Å². The van der Waals surface area contributed by atoms with Gasteiger partial charge in [-0.25, -0.2) is 0 Å². The van der Waals surface area contributed by atoms with E-state index in [2.05, 4.69) is 30.0 Å². The summed E-state index contributed by atoms with van der Waals surface area (Å²) in [7, 11) is 0. The Morgan fingerprint density at radius 1 is 1.00 bits per heavy atom. The molecule has 0 saturated carbocycles. The standard InChI is InChI=1S/C8H7N.C7H8/c1-3-8-5-4-6-9-7(8)2;1-7-5-3-2-4-6-7/h1,4-6H,2H3;2-6H,1H3. The molecule has 1 aromatic heterocycles. The van der Waals surface area contributed by atoms with Crippen LogP contribution in [0.3, 0.4) is 0 Å². The molecule has 0 amide bonds. The molecule has 80 valence electrons. The van der Waals surface area contributed by atoms with E-state index < -0.39 is 0 Å². The highest BCUT2D eigenvalue weighted by molar-refractivity contribution is 5.34. The van der Waals surface area contributed by atoms with Crippen molar-refractivity contribution in [3.8, 4) is 12.3 Å². The van der Waals surface area contributed by atoms with Gasteiger partial charge < -0.3 is 0 Å². The van der Waals surface area contributed by atoms with E-state index in [0.717, 1.165) is 11.3 Å². The summed E-state index contributed by atoms with van der Waals surface area (Å²) in [6.45, 7) is 3.98. The molecule has 0 aliphatic heterocycles. The fourth-order valence-corrected chi connectivity index (χ4v) is 1.17. The van der Waals surface area contributed by atoms with E-state index >= 15 is 0 Å². The number of aryl methyl sites for hydroxylation is 2. The molecule has 0 aliphatic carbocycles. The van der Waals surface area contributed by atoms with E-state index in [9.17, 15) is 0 Å². The average Bonchev–Trinajstić information content (AvgIpc) is 2.31. The highest BCUT2D eigenvalue weighted by atomic mass is 14.7. The van der Waals surface area contributed by atoms with Gasteiger partial charge in [-0.3, -0.25) is 4.98 Å². The molecule has 0 saturated heterocycles. The Morgan fingerprint density at radius 2 is 1.69 bits per heavy atom. The van der Waals surface area contributed by atoms with Gasteiger partial charge >= 0.3 is 0 Å². The number of pyridine rings is 1. The molecular formula is C15H15N. The lowest BCUT2D eigenvalue weighted by Gasteiger charge is -1.91. The molecule has 0 radical (unpaired) electrons. The molecule has 16 heavy (non-hydrogen) atoms. The predicted molar refractivity (Wildman–Crippen MR) is 68.1 cm³/mol. The van der Waals surface area contributed by atoms with Crippen molar-refractivity contribution in [1.82, 2.24) is 4.98 Å². The molecule has 0 bridgehead atoms. The fourth-order valence-electron chi connectivity index (χ4n) is 1.17. The van der Waals surface area contributed by atoms with Gasteiger partial charge in [-0.1, -0.05) is 41.8 Å². The first-order valence-electron chi connectivity index (χ1n) is 5.14. The Balaban J connectivity index is 0.000000165. The van der Waals surface area contributed by atoms with E-state index in [1.165, 1.54) is 5.56 Å². The second kappa shape index (κ2) is 6.42. The SMILES string of the molecule is C#Cc1cccnc1C.Cc1ccccc1. The molecule has 1 heteroatoms. The molecule has 1 aromatic carbocycles. The van der Waals surface area contributed by atoms with Crippen LogP contribution in [0.2, 0.25) is 0 Å². The number of hydrogen-bond donors (Lipinski definition) is 0. The zero-order chi connectivity index (χ0) is 11.8. The highest BCUT2D eigenvalue weighted by Crippen LogP contribution is 1.99. The molecule has 1 nitrogen and oxygen atoms in total. The van der Waals surface area contributed by atoms with Crippen LogP contribution in [0, 0.1) is 26.2 Å². The molecule has 0 N–H and O–H groups in total. The molecule has 0 unspecified atom stereocenters. The van der Waals surface area contributed by atoms with Crippen molar-refractivity contribution in [1.29, 1.82) is 0 Å². The maximum atomic E-state index is 5.16. The summed E-state index contributed by atoms with van der Waals surface area (Å²) < 4.78 is 0. The van der Waals surface area contributed by atoms with Crippen LogP contribution in [0.15, 0.2) is 48.7 Å². The zero-order valence-electron chi connectivity index (χ0n) is 9.64. The van der Waals surface area contributed by atoms with E-state index in [1.807, 2.05) is 37.3 Å². The third kappa shape index (κ3) is 3.98. The first-order valence-corrected chi connectivity index (χ1v) is 5.14. The third-order valence-corrected chi connectivity index (χ3v) is 2.10. The van der Waals surface area contributed by atoms with Crippen LogP contribution < -0.4 is 0 Å². The third-order valence-electron chi connectivity index (χ3n) is 2.10. The van der Waals surface area contributed by atoms with Crippen molar-refractivity contribution in [3.05, 3.63) is 65.5 Å². The van der Waals surface area contributed by atoms with Crippen LogP contribution in [0.5, 0.6) is 0 Å². The van der Waals surface area contributed by atoms with Crippen LogP contribution in [0.4, 0.5) is 0 Å². The van der Waals surface area contributed by atoms with Gasteiger partial charge in [0.2, 0.25) is 0 Å². The van der Waals surface area contributed by atoms with Crippen molar-refractivity contribution >= 4 is 0 Å². The number of nitrogens with zero attached hydrogens (tertiary/aromatic N) is 1. The van der Waals surface area contributed by atoms with Gasteiger partial charge in [0.1, 0.15) is 0 Å². The maximum Gasteiger partial charge on any atom is 0.0528 e. The number of benzene rings is 1. The van der Waals surface area contributed by atoms with E-state index in [1.54, 1.807) is 6.20 Å². The Labute approximate surface area is 97.2 Å². The van der Waals surface area contributed by atoms with Crippen LogP contribution in [-0.4, -0.2) is 4.98 Å². The first-order chi connectivity index (χ1) is 7.74. The monoisotopic (exact) mass is 209 g/mol. The quantitative estimate of drug-likeness (QED) is 0.606. The summed E-state index contributed by atoms with van der Waals surface area (Å²) in [5.41, 5.74) is 3.11. The van der Waals surface area contributed by atoms with Crippen molar-refractivity contribution in [2.45, 2.75) is 13.8 Å². The average molecular weight is 209 g/mol. The normalized spacial score (nSPS) is 8.56. The van der Waals surface area contributed by atoms with Gasteiger partial charge in [-0.05, 0) is 26.0 Å². The highest BCUT2D eigenvalue weighted by Gasteiger charge is 1.89. The minimum absolute atomic E-state index is 0.873. The maximum absolute atomic E-state index is 5.16. The lowest BCUT2D eigenvalue weighted by atomic mass is 10.2. The summed E-state index contributed by atoms with van der Waals surface area (Å²) in [5.74, 6) is 2.53.